The highest BCUT2D eigenvalue weighted by Gasteiger charge is 2.13. The van der Waals surface area contributed by atoms with Gasteiger partial charge in [-0.1, -0.05) is 0 Å². The van der Waals surface area contributed by atoms with Crippen molar-refractivity contribution in [3.8, 4) is 0 Å². The zero-order valence-corrected chi connectivity index (χ0v) is 11.1. The molecule has 1 aliphatic rings. The summed E-state index contributed by atoms with van der Waals surface area (Å²) in [7, 11) is 1.60. The number of aromatic nitrogens is 1. The Kier molecular flexibility index (Phi) is 5.11. The van der Waals surface area contributed by atoms with Crippen molar-refractivity contribution < 1.29 is 14.3 Å². The Balaban J connectivity index is 1.99. The molecule has 6 heteroatoms. The maximum atomic E-state index is 11.9. The summed E-state index contributed by atoms with van der Waals surface area (Å²) in [6.07, 6.45) is 3.35. The van der Waals surface area contributed by atoms with Crippen LogP contribution in [0.1, 0.15) is 10.4 Å². The molecule has 0 bridgehead atoms. The maximum Gasteiger partial charge on any atom is 0.253 e. The number of carbonyl (C=O) groups is 1. The zero-order chi connectivity index (χ0) is 13.5. The van der Waals surface area contributed by atoms with E-state index in [1.165, 1.54) is 0 Å². The quantitative estimate of drug-likeness (QED) is 0.776. The van der Waals surface area contributed by atoms with Gasteiger partial charge >= 0.3 is 0 Å². The predicted molar refractivity (Wildman–Crippen MR) is 71.5 cm³/mol. The number of carbonyl (C=O) groups excluding carboxylic acids is 1. The maximum absolute atomic E-state index is 11.9. The molecule has 0 atom stereocenters. The number of rotatable bonds is 5. The Morgan fingerprint density at radius 3 is 3.00 bits per heavy atom. The molecule has 19 heavy (non-hydrogen) atoms. The first-order valence-electron chi connectivity index (χ1n) is 6.36. The largest absolute Gasteiger partial charge is 0.383 e. The number of amides is 1. The lowest BCUT2D eigenvalue weighted by atomic mass is 10.2. The van der Waals surface area contributed by atoms with Gasteiger partial charge in [0.2, 0.25) is 0 Å². The predicted octanol–water partition coefficient (Wildman–Crippen LogP) is 0.294. The lowest BCUT2D eigenvalue weighted by molar-refractivity contribution is 0.0936. The van der Waals surface area contributed by atoms with Crippen LogP contribution < -0.4 is 10.2 Å². The SMILES string of the molecule is COCCNC(=O)c1cncc(N2CCOCC2)c1. The van der Waals surface area contributed by atoms with Gasteiger partial charge in [-0.25, -0.2) is 0 Å². The van der Waals surface area contributed by atoms with Gasteiger partial charge < -0.3 is 19.7 Å². The number of pyridine rings is 1. The summed E-state index contributed by atoms with van der Waals surface area (Å²) >= 11 is 0. The van der Waals surface area contributed by atoms with Crippen LogP contribution in [0.15, 0.2) is 18.5 Å². The third-order valence-electron chi connectivity index (χ3n) is 2.95. The van der Waals surface area contributed by atoms with Crippen molar-refractivity contribution in [2.24, 2.45) is 0 Å². The second-order valence-electron chi connectivity index (χ2n) is 4.28. The Labute approximate surface area is 112 Å². The minimum Gasteiger partial charge on any atom is -0.383 e. The molecule has 1 saturated heterocycles. The average molecular weight is 265 g/mol. The lowest BCUT2D eigenvalue weighted by Gasteiger charge is -2.28. The van der Waals surface area contributed by atoms with Gasteiger partial charge in [0, 0.05) is 32.9 Å². The van der Waals surface area contributed by atoms with E-state index in [0.717, 1.165) is 18.8 Å². The Hall–Kier alpha value is -1.66. The highest BCUT2D eigenvalue weighted by Crippen LogP contribution is 2.15. The van der Waals surface area contributed by atoms with Gasteiger partial charge in [-0.05, 0) is 6.07 Å². The second kappa shape index (κ2) is 7.06. The molecular weight excluding hydrogens is 246 g/mol. The number of hydrogen-bond donors (Lipinski definition) is 1. The molecule has 2 rings (SSSR count). The number of anilines is 1. The summed E-state index contributed by atoms with van der Waals surface area (Å²) in [6, 6.07) is 1.86. The van der Waals surface area contributed by atoms with E-state index in [2.05, 4.69) is 15.2 Å². The Bertz CT molecular complexity index is 419. The Morgan fingerprint density at radius 2 is 2.26 bits per heavy atom. The number of methoxy groups -OCH3 is 1. The van der Waals surface area contributed by atoms with Crippen LogP contribution in [0.2, 0.25) is 0 Å². The van der Waals surface area contributed by atoms with E-state index in [9.17, 15) is 4.79 Å². The first-order valence-corrected chi connectivity index (χ1v) is 6.36. The molecule has 0 aliphatic carbocycles. The van der Waals surface area contributed by atoms with Crippen molar-refractivity contribution in [2.75, 3.05) is 51.5 Å². The van der Waals surface area contributed by atoms with Crippen molar-refractivity contribution in [1.82, 2.24) is 10.3 Å². The van der Waals surface area contributed by atoms with Gasteiger partial charge in [0.25, 0.3) is 5.91 Å². The third kappa shape index (κ3) is 3.90. The van der Waals surface area contributed by atoms with Crippen molar-refractivity contribution >= 4 is 11.6 Å². The van der Waals surface area contributed by atoms with E-state index in [1.807, 2.05) is 6.07 Å². The van der Waals surface area contributed by atoms with Gasteiger partial charge in [0.1, 0.15) is 0 Å². The molecular formula is C13H19N3O3. The number of morpholine rings is 1. The standard InChI is InChI=1S/C13H19N3O3/c1-18-5-2-15-13(17)11-8-12(10-14-9-11)16-3-6-19-7-4-16/h8-10H,2-7H2,1H3,(H,15,17). The van der Waals surface area contributed by atoms with Crippen LogP contribution in [0.4, 0.5) is 5.69 Å². The molecule has 1 aromatic rings. The third-order valence-corrected chi connectivity index (χ3v) is 2.95. The molecule has 1 fully saturated rings. The van der Waals surface area contributed by atoms with E-state index in [0.29, 0.717) is 31.9 Å². The van der Waals surface area contributed by atoms with Crippen molar-refractivity contribution in [3.63, 3.8) is 0 Å². The fraction of sp³-hybridized carbons (Fsp3) is 0.538. The molecule has 2 heterocycles. The summed E-state index contributed by atoms with van der Waals surface area (Å²) in [5.41, 5.74) is 1.53. The van der Waals surface area contributed by atoms with Crippen LogP contribution in [-0.4, -0.2) is 57.5 Å². The molecule has 1 aliphatic heterocycles. The smallest absolute Gasteiger partial charge is 0.253 e. The fourth-order valence-corrected chi connectivity index (χ4v) is 1.92. The molecule has 0 saturated carbocycles. The minimum absolute atomic E-state index is 0.125. The first-order chi connectivity index (χ1) is 9.31. The summed E-state index contributed by atoms with van der Waals surface area (Å²) in [5.74, 6) is -0.125. The summed E-state index contributed by atoms with van der Waals surface area (Å²) in [5, 5.41) is 2.78. The van der Waals surface area contributed by atoms with Crippen molar-refractivity contribution in [3.05, 3.63) is 24.0 Å². The molecule has 0 aromatic carbocycles. The van der Waals surface area contributed by atoms with Crippen LogP contribution in [-0.2, 0) is 9.47 Å². The topological polar surface area (TPSA) is 63.7 Å². The van der Waals surface area contributed by atoms with Crippen molar-refractivity contribution in [1.29, 1.82) is 0 Å². The van der Waals surface area contributed by atoms with Crippen LogP contribution in [0.5, 0.6) is 0 Å². The van der Waals surface area contributed by atoms with Crippen LogP contribution in [0, 0.1) is 0 Å². The van der Waals surface area contributed by atoms with E-state index in [1.54, 1.807) is 19.5 Å². The van der Waals surface area contributed by atoms with Gasteiger partial charge in [-0.2, -0.15) is 0 Å². The van der Waals surface area contributed by atoms with Crippen LogP contribution in [0.25, 0.3) is 0 Å². The second-order valence-corrected chi connectivity index (χ2v) is 4.28. The lowest BCUT2D eigenvalue weighted by Crippen LogP contribution is -2.36. The molecule has 1 amide bonds. The van der Waals surface area contributed by atoms with Crippen molar-refractivity contribution in [2.45, 2.75) is 0 Å². The zero-order valence-electron chi connectivity index (χ0n) is 11.1. The Morgan fingerprint density at radius 1 is 1.47 bits per heavy atom. The van der Waals surface area contributed by atoms with Gasteiger partial charge in [0.05, 0.1) is 37.3 Å². The number of hydrogen-bond acceptors (Lipinski definition) is 5. The highest BCUT2D eigenvalue weighted by atomic mass is 16.5. The molecule has 0 spiro atoms. The molecule has 6 nitrogen and oxygen atoms in total. The highest BCUT2D eigenvalue weighted by molar-refractivity contribution is 5.94. The first kappa shape index (κ1) is 13.8. The van der Waals surface area contributed by atoms with Gasteiger partial charge in [0.15, 0.2) is 0 Å². The number of nitrogens with zero attached hydrogens (tertiary/aromatic N) is 2. The monoisotopic (exact) mass is 265 g/mol. The minimum atomic E-state index is -0.125. The summed E-state index contributed by atoms with van der Waals surface area (Å²) in [6.45, 7) is 4.08. The van der Waals surface area contributed by atoms with Crippen LogP contribution in [0.3, 0.4) is 0 Å². The van der Waals surface area contributed by atoms with Gasteiger partial charge in [-0.15, -0.1) is 0 Å². The van der Waals surface area contributed by atoms with E-state index in [4.69, 9.17) is 9.47 Å². The average Bonchev–Trinajstić information content (AvgIpc) is 2.48. The van der Waals surface area contributed by atoms with Crippen LogP contribution >= 0.6 is 0 Å². The normalized spacial score (nSPS) is 15.3. The van der Waals surface area contributed by atoms with E-state index < -0.39 is 0 Å². The number of nitrogens with one attached hydrogen (secondary N) is 1. The molecule has 1 N–H and O–H groups in total. The molecule has 0 radical (unpaired) electrons. The van der Waals surface area contributed by atoms with E-state index >= 15 is 0 Å². The fourth-order valence-electron chi connectivity index (χ4n) is 1.92. The van der Waals surface area contributed by atoms with E-state index in [-0.39, 0.29) is 5.91 Å². The number of ether oxygens (including phenoxy) is 2. The van der Waals surface area contributed by atoms with Gasteiger partial charge in [-0.3, -0.25) is 9.78 Å². The summed E-state index contributed by atoms with van der Waals surface area (Å²) in [4.78, 5) is 18.2. The summed E-state index contributed by atoms with van der Waals surface area (Å²) < 4.78 is 10.2. The molecule has 1 aromatic heterocycles. The molecule has 0 unspecified atom stereocenters. The molecule has 104 valence electrons.